The van der Waals surface area contributed by atoms with Gasteiger partial charge in [-0.3, -0.25) is 19.4 Å². The van der Waals surface area contributed by atoms with Crippen molar-refractivity contribution in [3.8, 4) is 0 Å². The molecule has 0 radical (unpaired) electrons. The minimum Gasteiger partial charge on any atom is -0.353 e. The van der Waals surface area contributed by atoms with Crippen LogP contribution in [-0.4, -0.2) is 51.2 Å². The second-order valence-corrected chi connectivity index (χ2v) is 8.37. The Morgan fingerprint density at radius 3 is 2.41 bits per heavy atom. The van der Waals surface area contributed by atoms with Gasteiger partial charge in [0.25, 0.3) is 10.0 Å². The van der Waals surface area contributed by atoms with Crippen molar-refractivity contribution in [2.24, 2.45) is 4.99 Å². The number of hydrogen-bond donors (Lipinski definition) is 2. The van der Waals surface area contributed by atoms with Gasteiger partial charge in [-0.15, -0.1) is 0 Å². The van der Waals surface area contributed by atoms with Crippen molar-refractivity contribution in [2.45, 2.75) is 24.8 Å². The number of aliphatic imine (C=N–C) groups is 1. The van der Waals surface area contributed by atoms with Crippen molar-refractivity contribution in [1.29, 1.82) is 0 Å². The number of nitrogens with one attached hydrogen (secondary N) is 2. The van der Waals surface area contributed by atoms with Crippen LogP contribution in [0.4, 0.5) is 0 Å². The van der Waals surface area contributed by atoms with E-state index in [0.717, 1.165) is 18.7 Å². The Hall–Kier alpha value is -2.71. The highest BCUT2D eigenvalue weighted by atomic mass is 32.2. The van der Waals surface area contributed by atoms with E-state index in [1.54, 1.807) is 18.2 Å². The first-order valence-corrected chi connectivity index (χ1v) is 11.2. The van der Waals surface area contributed by atoms with Crippen molar-refractivity contribution >= 4 is 21.8 Å². The molecule has 0 saturated carbocycles. The molecule has 0 spiro atoms. The summed E-state index contributed by atoms with van der Waals surface area (Å²) >= 11 is 0. The number of nitrogens with zero attached hydrogens (tertiary/aromatic N) is 2. The summed E-state index contributed by atoms with van der Waals surface area (Å²) in [6.07, 6.45) is 0. The van der Waals surface area contributed by atoms with Gasteiger partial charge in [-0.25, -0.2) is 8.42 Å². The fourth-order valence-corrected chi connectivity index (χ4v) is 4.72. The molecule has 7 nitrogen and oxygen atoms in total. The van der Waals surface area contributed by atoms with Crippen LogP contribution >= 0.6 is 0 Å². The van der Waals surface area contributed by atoms with Crippen molar-refractivity contribution < 1.29 is 13.2 Å². The zero-order valence-corrected chi connectivity index (χ0v) is 17.4. The van der Waals surface area contributed by atoms with E-state index < -0.39 is 10.0 Å². The van der Waals surface area contributed by atoms with Crippen LogP contribution in [0.1, 0.15) is 31.0 Å². The highest BCUT2D eigenvalue weighted by Gasteiger charge is 2.30. The van der Waals surface area contributed by atoms with E-state index in [1.807, 2.05) is 18.2 Å². The molecule has 1 aliphatic rings. The SMILES string of the molecule is CCN(CC)C(CNC(=O)CN=C1NS(=O)(=O)c2ccccc21)c1ccccc1. The molecule has 3 rings (SSSR count). The van der Waals surface area contributed by atoms with Gasteiger partial charge in [-0.05, 0) is 30.8 Å². The summed E-state index contributed by atoms with van der Waals surface area (Å²) in [6, 6.07) is 16.7. The summed E-state index contributed by atoms with van der Waals surface area (Å²) < 4.78 is 26.7. The van der Waals surface area contributed by atoms with Gasteiger partial charge >= 0.3 is 0 Å². The molecule has 2 aromatic carbocycles. The second-order valence-electron chi connectivity index (χ2n) is 6.72. The predicted molar refractivity (Wildman–Crippen MR) is 113 cm³/mol. The lowest BCUT2D eigenvalue weighted by molar-refractivity contribution is -0.119. The summed E-state index contributed by atoms with van der Waals surface area (Å²) in [6.45, 7) is 6.23. The van der Waals surface area contributed by atoms with Crippen LogP contribution < -0.4 is 10.0 Å². The Balaban J connectivity index is 1.67. The molecule has 1 aliphatic heterocycles. The van der Waals surface area contributed by atoms with Crippen molar-refractivity contribution in [3.63, 3.8) is 0 Å². The van der Waals surface area contributed by atoms with E-state index in [0.29, 0.717) is 12.1 Å². The lowest BCUT2D eigenvalue weighted by atomic mass is 10.1. The normalized spacial score (nSPS) is 17.0. The Kier molecular flexibility index (Phi) is 6.66. The number of benzene rings is 2. The monoisotopic (exact) mass is 414 g/mol. The molecule has 0 aliphatic carbocycles. The van der Waals surface area contributed by atoms with Crippen molar-refractivity contribution in [1.82, 2.24) is 14.9 Å². The predicted octanol–water partition coefficient (Wildman–Crippen LogP) is 1.92. The molecule has 1 amide bonds. The molecular weight excluding hydrogens is 388 g/mol. The zero-order chi connectivity index (χ0) is 20.9. The van der Waals surface area contributed by atoms with Crippen LogP contribution in [0.15, 0.2) is 64.5 Å². The van der Waals surface area contributed by atoms with Crippen LogP contribution in [0.25, 0.3) is 0 Å². The minimum absolute atomic E-state index is 0.0634. The number of sulfonamides is 1. The Morgan fingerprint density at radius 2 is 1.72 bits per heavy atom. The van der Waals surface area contributed by atoms with Gasteiger partial charge in [-0.2, -0.15) is 0 Å². The highest BCUT2D eigenvalue weighted by molar-refractivity contribution is 7.90. The number of hydrogen-bond acceptors (Lipinski definition) is 5. The first kappa shape index (κ1) is 21.0. The standard InChI is InChI=1S/C21H26N4O3S/c1-3-25(4-2)18(16-10-6-5-7-11-16)14-22-20(26)15-23-21-17-12-8-9-13-19(17)29(27,28)24-21/h5-13,18H,3-4,14-15H2,1-2H3,(H,22,26)(H,23,24). The summed E-state index contributed by atoms with van der Waals surface area (Å²) in [5, 5.41) is 2.93. The molecule has 8 heteroatoms. The number of carbonyl (C=O) groups excluding carboxylic acids is 1. The Bertz CT molecular complexity index is 986. The van der Waals surface area contributed by atoms with Crippen LogP contribution in [-0.2, 0) is 14.8 Å². The third-order valence-corrected chi connectivity index (χ3v) is 6.37. The van der Waals surface area contributed by atoms with Crippen LogP contribution in [0, 0.1) is 0 Å². The first-order valence-electron chi connectivity index (χ1n) is 9.68. The van der Waals surface area contributed by atoms with Gasteiger partial charge in [0.15, 0.2) is 0 Å². The fourth-order valence-electron chi connectivity index (χ4n) is 3.47. The quantitative estimate of drug-likeness (QED) is 0.691. The maximum absolute atomic E-state index is 12.4. The topological polar surface area (TPSA) is 90.9 Å². The van der Waals surface area contributed by atoms with Gasteiger partial charge in [0.1, 0.15) is 12.4 Å². The molecule has 1 atom stereocenters. The molecule has 29 heavy (non-hydrogen) atoms. The van der Waals surface area contributed by atoms with Crippen LogP contribution in [0.2, 0.25) is 0 Å². The molecule has 0 fully saturated rings. The highest BCUT2D eigenvalue weighted by Crippen LogP contribution is 2.22. The first-order chi connectivity index (χ1) is 14.0. The van der Waals surface area contributed by atoms with E-state index in [4.69, 9.17) is 0 Å². The van der Waals surface area contributed by atoms with E-state index in [-0.39, 0.29) is 29.2 Å². The molecule has 0 aromatic heterocycles. The third kappa shape index (κ3) is 4.83. The molecular formula is C21H26N4O3S. The molecule has 2 aromatic rings. The smallest absolute Gasteiger partial charge is 0.263 e. The molecule has 2 N–H and O–H groups in total. The largest absolute Gasteiger partial charge is 0.353 e. The third-order valence-electron chi connectivity index (χ3n) is 4.97. The van der Waals surface area contributed by atoms with Crippen LogP contribution in [0.5, 0.6) is 0 Å². The van der Waals surface area contributed by atoms with Crippen molar-refractivity contribution in [2.75, 3.05) is 26.2 Å². The summed E-state index contributed by atoms with van der Waals surface area (Å²) in [7, 11) is -3.60. The lowest BCUT2D eigenvalue weighted by Crippen LogP contribution is -2.39. The van der Waals surface area contributed by atoms with Gasteiger partial charge in [0, 0.05) is 12.1 Å². The van der Waals surface area contributed by atoms with Gasteiger partial charge in [0.05, 0.1) is 10.9 Å². The van der Waals surface area contributed by atoms with Gasteiger partial charge in [0.2, 0.25) is 5.91 Å². The number of fused-ring (bicyclic) bond motifs is 1. The maximum Gasteiger partial charge on any atom is 0.263 e. The summed E-state index contributed by atoms with van der Waals surface area (Å²) in [5.41, 5.74) is 1.63. The van der Waals surface area contributed by atoms with E-state index in [1.165, 1.54) is 6.07 Å². The number of amides is 1. The second kappa shape index (κ2) is 9.19. The van der Waals surface area contributed by atoms with Crippen LogP contribution in [0.3, 0.4) is 0 Å². The number of likely N-dealkylation sites (N-methyl/N-ethyl adjacent to an activating group) is 1. The molecule has 154 valence electrons. The van der Waals surface area contributed by atoms with Crippen molar-refractivity contribution in [3.05, 3.63) is 65.7 Å². The number of carbonyl (C=O) groups is 1. The lowest BCUT2D eigenvalue weighted by Gasteiger charge is -2.30. The average Bonchev–Trinajstić information content (AvgIpc) is 3.00. The number of rotatable bonds is 8. The van der Waals surface area contributed by atoms with E-state index >= 15 is 0 Å². The Labute approximate surface area is 171 Å². The van der Waals surface area contributed by atoms with Gasteiger partial charge < -0.3 is 5.32 Å². The van der Waals surface area contributed by atoms with E-state index in [2.05, 4.69) is 45.9 Å². The fraction of sp³-hybridized carbons (Fsp3) is 0.333. The molecule has 0 bridgehead atoms. The minimum atomic E-state index is -3.60. The molecule has 1 heterocycles. The van der Waals surface area contributed by atoms with E-state index in [9.17, 15) is 13.2 Å². The Morgan fingerprint density at radius 1 is 1.07 bits per heavy atom. The summed E-state index contributed by atoms with van der Waals surface area (Å²) in [5.74, 6) is -0.0479. The maximum atomic E-state index is 12.4. The van der Waals surface area contributed by atoms with Gasteiger partial charge in [-0.1, -0.05) is 56.3 Å². The zero-order valence-electron chi connectivity index (χ0n) is 16.6. The average molecular weight is 415 g/mol. The molecule has 1 unspecified atom stereocenters. The number of amidine groups is 1. The summed E-state index contributed by atoms with van der Waals surface area (Å²) in [4.78, 5) is 19.1. The molecule has 0 saturated heterocycles.